The first-order valence-electron chi connectivity index (χ1n) is 8.93. The maximum Gasteiger partial charge on any atom is 0.341 e. The number of carbonyl (C=O) groups excluding carboxylic acids is 2. The van der Waals surface area contributed by atoms with Gasteiger partial charge in [-0.1, -0.05) is 6.07 Å². The average Bonchev–Trinajstić information content (AvgIpc) is 3.24. The quantitative estimate of drug-likeness (QED) is 0.746. The van der Waals surface area contributed by atoms with E-state index >= 15 is 0 Å². The highest BCUT2D eigenvalue weighted by atomic mass is 32.1. The van der Waals surface area contributed by atoms with E-state index in [4.69, 9.17) is 4.74 Å². The van der Waals surface area contributed by atoms with Gasteiger partial charge in [-0.05, 0) is 30.9 Å². The van der Waals surface area contributed by atoms with E-state index in [2.05, 4.69) is 32.6 Å². The average molecular weight is 408 g/mol. The number of nitrogens with one attached hydrogen (secondary N) is 1. The summed E-state index contributed by atoms with van der Waals surface area (Å²) in [6, 6.07) is 4.24. The van der Waals surface area contributed by atoms with Gasteiger partial charge < -0.3 is 10.1 Å². The molecule has 0 aliphatic carbocycles. The van der Waals surface area contributed by atoms with Gasteiger partial charge in [-0.15, -0.1) is 22.7 Å². The summed E-state index contributed by atoms with van der Waals surface area (Å²) in [7, 11) is 1.36. The fraction of sp³-hybridized carbons (Fsp3) is 0.474. The molecule has 0 saturated carbocycles. The normalized spacial score (nSPS) is 15.7. The van der Waals surface area contributed by atoms with Crippen LogP contribution in [0.15, 0.2) is 17.5 Å². The van der Waals surface area contributed by atoms with Crippen molar-refractivity contribution in [1.82, 2.24) is 9.80 Å². The zero-order valence-corrected chi connectivity index (χ0v) is 17.5. The van der Waals surface area contributed by atoms with Crippen LogP contribution in [0.5, 0.6) is 0 Å². The number of hydrogen-bond donors (Lipinski definition) is 1. The van der Waals surface area contributed by atoms with E-state index in [9.17, 15) is 9.59 Å². The SMILES string of the molecule is COC(=O)c1c(NC(=O)CN2CCN(Cc3cccs3)CC2)sc(C)c1C. The van der Waals surface area contributed by atoms with Crippen molar-refractivity contribution >= 4 is 39.6 Å². The number of carbonyl (C=O) groups is 2. The van der Waals surface area contributed by atoms with E-state index < -0.39 is 5.97 Å². The van der Waals surface area contributed by atoms with Crippen molar-refractivity contribution in [2.45, 2.75) is 20.4 Å². The predicted molar refractivity (Wildman–Crippen MR) is 110 cm³/mol. The molecule has 1 aliphatic rings. The standard InChI is InChI=1S/C19H25N3O3S2/c1-13-14(2)27-18(17(13)19(24)25-3)20-16(23)12-22-8-6-21(7-9-22)11-15-5-4-10-26-15/h4-5,10H,6-9,11-12H2,1-3H3,(H,20,23). The Morgan fingerprint density at radius 1 is 1.19 bits per heavy atom. The minimum Gasteiger partial charge on any atom is -0.465 e. The lowest BCUT2D eigenvalue weighted by Gasteiger charge is -2.34. The summed E-state index contributed by atoms with van der Waals surface area (Å²) in [5.41, 5.74) is 1.33. The van der Waals surface area contributed by atoms with Crippen LogP contribution >= 0.6 is 22.7 Å². The molecule has 1 aliphatic heterocycles. The van der Waals surface area contributed by atoms with E-state index in [1.807, 2.05) is 13.8 Å². The number of hydrogen-bond acceptors (Lipinski definition) is 7. The molecule has 2 aromatic heterocycles. The third kappa shape index (κ3) is 4.95. The number of ether oxygens (including phenoxy) is 1. The molecule has 146 valence electrons. The van der Waals surface area contributed by atoms with Crippen LogP contribution in [-0.4, -0.2) is 61.5 Å². The highest BCUT2D eigenvalue weighted by Crippen LogP contribution is 2.32. The number of piperazine rings is 1. The van der Waals surface area contributed by atoms with Gasteiger partial charge in [0.15, 0.2) is 0 Å². The Morgan fingerprint density at radius 2 is 1.89 bits per heavy atom. The lowest BCUT2D eigenvalue weighted by Crippen LogP contribution is -2.48. The molecule has 0 bridgehead atoms. The molecule has 1 saturated heterocycles. The fourth-order valence-electron chi connectivity index (χ4n) is 3.16. The molecule has 3 heterocycles. The number of aryl methyl sites for hydroxylation is 1. The lowest BCUT2D eigenvalue weighted by atomic mass is 10.1. The summed E-state index contributed by atoms with van der Waals surface area (Å²) in [4.78, 5) is 31.5. The second-order valence-corrected chi connectivity index (χ2v) is 8.92. The lowest BCUT2D eigenvalue weighted by molar-refractivity contribution is -0.117. The van der Waals surface area contributed by atoms with Gasteiger partial charge in [0.05, 0.1) is 19.2 Å². The number of nitrogens with zero attached hydrogens (tertiary/aromatic N) is 2. The van der Waals surface area contributed by atoms with Crippen molar-refractivity contribution in [3.63, 3.8) is 0 Å². The Bertz CT molecular complexity index is 793. The predicted octanol–water partition coefficient (Wildman–Crippen LogP) is 2.97. The fourth-order valence-corrected chi connectivity index (χ4v) is 4.97. The van der Waals surface area contributed by atoms with Crippen molar-refractivity contribution in [1.29, 1.82) is 0 Å². The Balaban J connectivity index is 1.52. The Morgan fingerprint density at radius 3 is 2.52 bits per heavy atom. The van der Waals surface area contributed by atoms with Crippen LogP contribution < -0.4 is 5.32 Å². The third-order valence-corrected chi connectivity index (χ3v) is 6.80. The first kappa shape index (κ1) is 20.0. The van der Waals surface area contributed by atoms with Crippen LogP contribution in [0.3, 0.4) is 0 Å². The van der Waals surface area contributed by atoms with Crippen LogP contribution in [0.2, 0.25) is 0 Å². The molecule has 6 nitrogen and oxygen atoms in total. The molecule has 27 heavy (non-hydrogen) atoms. The minimum absolute atomic E-state index is 0.0897. The van der Waals surface area contributed by atoms with Crippen molar-refractivity contribution in [2.75, 3.05) is 45.2 Å². The molecular formula is C19H25N3O3S2. The van der Waals surface area contributed by atoms with Gasteiger partial charge >= 0.3 is 5.97 Å². The van der Waals surface area contributed by atoms with Gasteiger partial charge in [-0.2, -0.15) is 0 Å². The van der Waals surface area contributed by atoms with E-state index in [-0.39, 0.29) is 5.91 Å². The zero-order valence-electron chi connectivity index (χ0n) is 15.9. The summed E-state index contributed by atoms with van der Waals surface area (Å²) in [6.45, 7) is 8.77. The third-order valence-electron chi connectivity index (χ3n) is 4.82. The molecule has 0 radical (unpaired) electrons. The van der Waals surface area contributed by atoms with Crippen molar-refractivity contribution in [3.05, 3.63) is 38.4 Å². The number of thiophene rings is 2. The molecular weight excluding hydrogens is 382 g/mol. The van der Waals surface area contributed by atoms with Crippen molar-refractivity contribution in [2.24, 2.45) is 0 Å². The van der Waals surface area contributed by atoms with Gasteiger partial charge in [0.25, 0.3) is 0 Å². The molecule has 1 N–H and O–H groups in total. The molecule has 3 rings (SSSR count). The number of rotatable bonds is 6. The van der Waals surface area contributed by atoms with Crippen LogP contribution in [0, 0.1) is 13.8 Å². The summed E-state index contributed by atoms with van der Waals surface area (Å²) in [5, 5.41) is 5.59. The summed E-state index contributed by atoms with van der Waals surface area (Å²) < 4.78 is 4.86. The number of esters is 1. The minimum atomic E-state index is -0.408. The van der Waals surface area contributed by atoms with Crippen molar-refractivity contribution in [3.8, 4) is 0 Å². The largest absolute Gasteiger partial charge is 0.465 e. The van der Waals surface area contributed by atoms with Crippen LogP contribution in [0.25, 0.3) is 0 Å². The first-order valence-corrected chi connectivity index (χ1v) is 10.6. The molecule has 1 fully saturated rings. The Labute approximate surface area is 167 Å². The van der Waals surface area contributed by atoms with E-state index in [1.54, 1.807) is 11.3 Å². The second kappa shape index (κ2) is 8.97. The van der Waals surface area contributed by atoms with Gasteiger partial charge in [0.2, 0.25) is 5.91 Å². The molecule has 0 unspecified atom stereocenters. The van der Waals surface area contributed by atoms with E-state index in [0.717, 1.165) is 43.2 Å². The topological polar surface area (TPSA) is 61.9 Å². The van der Waals surface area contributed by atoms with Gasteiger partial charge in [-0.3, -0.25) is 14.6 Å². The summed E-state index contributed by atoms with van der Waals surface area (Å²) >= 11 is 3.20. The summed E-state index contributed by atoms with van der Waals surface area (Å²) in [5.74, 6) is -0.498. The molecule has 0 aromatic carbocycles. The van der Waals surface area contributed by atoms with Crippen LogP contribution in [0.1, 0.15) is 25.7 Å². The van der Waals surface area contributed by atoms with Gasteiger partial charge in [0, 0.05) is 42.5 Å². The van der Waals surface area contributed by atoms with E-state index in [0.29, 0.717) is 17.1 Å². The van der Waals surface area contributed by atoms with E-state index in [1.165, 1.54) is 23.3 Å². The van der Waals surface area contributed by atoms with Gasteiger partial charge in [-0.25, -0.2) is 4.79 Å². The Kier molecular flexibility index (Phi) is 6.64. The van der Waals surface area contributed by atoms with Crippen LogP contribution in [-0.2, 0) is 16.1 Å². The molecule has 2 aromatic rings. The maximum atomic E-state index is 12.5. The monoisotopic (exact) mass is 407 g/mol. The smallest absolute Gasteiger partial charge is 0.341 e. The molecule has 1 amide bonds. The maximum absolute atomic E-state index is 12.5. The number of methoxy groups -OCH3 is 1. The molecule has 8 heteroatoms. The van der Waals surface area contributed by atoms with Crippen LogP contribution in [0.4, 0.5) is 5.00 Å². The highest BCUT2D eigenvalue weighted by Gasteiger charge is 2.23. The summed E-state index contributed by atoms with van der Waals surface area (Å²) in [6.07, 6.45) is 0. The highest BCUT2D eigenvalue weighted by molar-refractivity contribution is 7.16. The number of amides is 1. The van der Waals surface area contributed by atoms with Crippen molar-refractivity contribution < 1.29 is 14.3 Å². The second-order valence-electron chi connectivity index (χ2n) is 6.66. The van der Waals surface area contributed by atoms with Gasteiger partial charge in [0.1, 0.15) is 5.00 Å². The number of anilines is 1. The molecule has 0 atom stereocenters. The molecule has 0 spiro atoms. The zero-order chi connectivity index (χ0) is 19.4. The Hall–Kier alpha value is -1.74. The first-order chi connectivity index (χ1) is 13.0.